The van der Waals surface area contributed by atoms with E-state index in [2.05, 4.69) is 11.1 Å². The third-order valence-electron chi connectivity index (χ3n) is 2.21. The molecule has 0 aliphatic heterocycles. The lowest BCUT2D eigenvalue weighted by Gasteiger charge is -2.23. The van der Waals surface area contributed by atoms with Crippen LogP contribution in [0.4, 0.5) is 0 Å². The zero-order valence-corrected chi connectivity index (χ0v) is 10.4. The summed E-state index contributed by atoms with van der Waals surface area (Å²) in [6.07, 6.45) is 5.42. The Bertz CT molecular complexity index is 453. The van der Waals surface area contributed by atoms with E-state index in [4.69, 9.17) is 14.7 Å². The van der Waals surface area contributed by atoms with Crippen molar-refractivity contribution in [3.05, 3.63) is 18.0 Å². The van der Waals surface area contributed by atoms with Crippen LogP contribution in [-0.4, -0.2) is 16.7 Å². The highest BCUT2D eigenvalue weighted by Gasteiger charge is 2.27. The molecule has 0 spiro atoms. The zero-order chi connectivity index (χ0) is 12.5. The summed E-state index contributed by atoms with van der Waals surface area (Å²) in [5.74, 6) is 1.07. The van der Waals surface area contributed by atoms with Gasteiger partial charge in [0.2, 0.25) is 0 Å². The van der Waals surface area contributed by atoms with Crippen LogP contribution in [0.5, 0.6) is 11.5 Å². The van der Waals surface area contributed by atoms with Gasteiger partial charge in [-0.2, -0.15) is 5.26 Å². The molecular weight excluding hydrogens is 216 g/mol. The molecule has 0 aromatic carbocycles. The van der Waals surface area contributed by atoms with Crippen LogP contribution in [0.25, 0.3) is 0 Å². The van der Waals surface area contributed by atoms with Crippen molar-refractivity contribution in [3.63, 3.8) is 0 Å². The Labute approximate surface area is 101 Å². The minimum Gasteiger partial charge on any atom is -0.485 e. The molecule has 90 valence electrons. The fraction of sp³-hybridized carbons (Fsp3) is 0.538. The second-order valence-electron chi connectivity index (χ2n) is 5.16. The lowest BCUT2D eigenvalue weighted by atomic mass is 10.2. The van der Waals surface area contributed by atoms with Gasteiger partial charge in [0.15, 0.2) is 11.5 Å². The predicted octanol–water partition coefficient (Wildman–Crippen LogP) is 2.67. The molecular formula is C13H16N2O2. The van der Waals surface area contributed by atoms with E-state index < -0.39 is 0 Å². The van der Waals surface area contributed by atoms with E-state index >= 15 is 0 Å². The van der Waals surface area contributed by atoms with Gasteiger partial charge >= 0.3 is 0 Å². The molecule has 1 heterocycles. The van der Waals surface area contributed by atoms with Crippen molar-refractivity contribution >= 4 is 0 Å². The molecule has 1 fully saturated rings. The first-order chi connectivity index (χ1) is 7.99. The zero-order valence-electron chi connectivity index (χ0n) is 10.4. The largest absolute Gasteiger partial charge is 0.485 e. The third-order valence-corrected chi connectivity index (χ3v) is 2.21. The first kappa shape index (κ1) is 11.7. The van der Waals surface area contributed by atoms with Crippen LogP contribution < -0.4 is 9.47 Å². The van der Waals surface area contributed by atoms with E-state index in [-0.39, 0.29) is 11.7 Å². The summed E-state index contributed by atoms with van der Waals surface area (Å²) < 4.78 is 11.5. The normalized spacial score (nSPS) is 15.2. The van der Waals surface area contributed by atoms with E-state index in [1.54, 1.807) is 6.20 Å². The Morgan fingerprint density at radius 1 is 1.35 bits per heavy atom. The molecule has 4 nitrogen and oxygen atoms in total. The van der Waals surface area contributed by atoms with Gasteiger partial charge in [-0.25, -0.2) is 0 Å². The number of nitrogens with zero attached hydrogens (tertiary/aromatic N) is 2. The SMILES string of the molecule is CC(C)(C)Oc1cncc(C#N)c1OC1CC1. The Morgan fingerprint density at radius 2 is 2.06 bits per heavy atom. The summed E-state index contributed by atoms with van der Waals surface area (Å²) in [7, 11) is 0. The van der Waals surface area contributed by atoms with Crippen molar-refractivity contribution < 1.29 is 9.47 Å². The highest BCUT2D eigenvalue weighted by atomic mass is 16.5. The molecule has 17 heavy (non-hydrogen) atoms. The van der Waals surface area contributed by atoms with E-state index in [0.717, 1.165) is 12.8 Å². The molecule has 0 unspecified atom stereocenters. The maximum atomic E-state index is 9.05. The van der Waals surface area contributed by atoms with Gasteiger partial charge in [-0.05, 0) is 33.6 Å². The van der Waals surface area contributed by atoms with Crippen LogP contribution in [0.15, 0.2) is 12.4 Å². The molecule has 1 aliphatic rings. The lowest BCUT2D eigenvalue weighted by Crippen LogP contribution is -2.23. The quantitative estimate of drug-likeness (QED) is 0.804. The Morgan fingerprint density at radius 3 is 2.59 bits per heavy atom. The summed E-state index contributed by atoms with van der Waals surface area (Å²) in [6, 6.07) is 2.09. The molecule has 0 atom stereocenters. The molecule has 4 heteroatoms. The summed E-state index contributed by atoms with van der Waals surface area (Å²) in [5.41, 5.74) is 0.0934. The van der Waals surface area contributed by atoms with E-state index in [1.807, 2.05) is 20.8 Å². The van der Waals surface area contributed by atoms with Crippen molar-refractivity contribution in [2.24, 2.45) is 0 Å². The summed E-state index contributed by atoms with van der Waals surface area (Å²) in [6.45, 7) is 5.85. The van der Waals surface area contributed by atoms with Gasteiger partial charge in [0.1, 0.15) is 17.2 Å². The number of nitriles is 1. The van der Waals surface area contributed by atoms with Gasteiger partial charge in [0.05, 0.1) is 12.3 Å². The van der Waals surface area contributed by atoms with Crippen molar-refractivity contribution in [2.75, 3.05) is 0 Å². The lowest BCUT2D eigenvalue weighted by molar-refractivity contribution is 0.122. The minimum atomic E-state index is -0.336. The molecule has 1 aliphatic carbocycles. The topological polar surface area (TPSA) is 55.1 Å². The Kier molecular flexibility index (Phi) is 2.93. The number of aromatic nitrogens is 1. The first-order valence-corrected chi connectivity index (χ1v) is 5.73. The maximum Gasteiger partial charge on any atom is 0.182 e. The maximum absolute atomic E-state index is 9.05. The van der Waals surface area contributed by atoms with Crippen LogP contribution in [-0.2, 0) is 0 Å². The van der Waals surface area contributed by atoms with Crippen LogP contribution in [0, 0.1) is 11.3 Å². The van der Waals surface area contributed by atoms with Gasteiger partial charge < -0.3 is 9.47 Å². The van der Waals surface area contributed by atoms with Gasteiger partial charge in [-0.1, -0.05) is 0 Å². The average Bonchev–Trinajstić information content (AvgIpc) is 3.02. The number of rotatable bonds is 3. The standard InChI is InChI=1S/C13H16N2O2/c1-13(2,3)17-11-8-15-7-9(6-14)12(11)16-10-4-5-10/h7-8,10H,4-5H2,1-3H3. The van der Waals surface area contributed by atoms with Gasteiger partial charge in [-0.3, -0.25) is 4.98 Å². The van der Waals surface area contributed by atoms with Crippen LogP contribution in [0.3, 0.4) is 0 Å². The summed E-state index contributed by atoms with van der Waals surface area (Å²) >= 11 is 0. The minimum absolute atomic E-state index is 0.229. The second-order valence-corrected chi connectivity index (χ2v) is 5.16. The average molecular weight is 232 g/mol. The number of pyridine rings is 1. The molecule has 0 bridgehead atoms. The van der Waals surface area contributed by atoms with Gasteiger partial charge in [-0.15, -0.1) is 0 Å². The van der Waals surface area contributed by atoms with Crippen molar-refractivity contribution in [3.8, 4) is 17.6 Å². The fourth-order valence-electron chi connectivity index (χ4n) is 1.39. The van der Waals surface area contributed by atoms with Crippen molar-refractivity contribution in [2.45, 2.75) is 45.3 Å². The third kappa shape index (κ3) is 3.10. The number of hydrogen-bond acceptors (Lipinski definition) is 4. The van der Waals surface area contributed by atoms with Gasteiger partial charge in [0, 0.05) is 6.20 Å². The van der Waals surface area contributed by atoms with E-state index in [9.17, 15) is 0 Å². The molecule has 2 rings (SSSR count). The highest BCUT2D eigenvalue weighted by Crippen LogP contribution is 2.37. The second kappa shape index (κ2) is 4.25. The molecule has 0 radical (unpaired) electrons. The Balaban J connectivity index is 2.32. The fourth-order valence-corrected chi connectivity index (χ4v) is 1.39. The first-order valence-electron chi connectivity index (χ1n) is 5.73. The molecule has 0 amide bonds. The summed E-state index contributed by atoms with van der Waals surface area (Å²) in [5, 5.41) is 9.05. The molecule has 1 aromatic heterocycles. The van der Waals surface area contributed by atoms with E-state index in [0.29, 0.717) is 17.1 Å². The summed E-state index contributed by atoms with van der Waals surface area (Å²) in [4.78, 5) is 4.00. The van der Waals surface area contributed by atoms with Crippen molar-refractivity contribution in [1.29, 1.82) is 5.26 Å². The van der Waals surface area contributed by atoms with Crippen molar-refractivity contribution in [1.82, 2.24) is 4.98 Å². The van der Waals surface area contributed by atoms with Gasteiger partial charge in [0.25, 0.3) is 0 Å². The molecule has 1 aromatic rings. The smallest absolute Gasteiger partial charge is 0.182 e. The Hall–Kier alpha value is -1.76. The van der Waals surface area contributed by atoms with E-state index in [1.165, 1.54) is 6.20 Å². The monoisotopic (exact) mass is 232 g/mol. The predicted molar refractivity (Wildman–Crippen MR) is 63.0 cm³/mol. The number of ether oxygens (including phenoxy) is 2. The molecule has 0 saturated heterocycles. The number of hydrogen-bond donors (Lipinski definition) is 0. The van der Waals surface area contributed by atoms with Crippen LogP contribution >= 0.6 is 0 Å². The van der Waals surface area contributed by atoms with Crippen LogP contribution in [0.2, 0.25) is 0 Å². The van der Waals surface area contributed by atoms with Crippen LogP contribution in [0.1, 0.15) is 39.2 Å². The molecule has 1 saturated carbocycles. The molecule has 0 N–H and O–H groups in total. The highest BCUT2D eigenvalue weighted by molar-refractivity contribution is 5.50.